The van der Waals surface area contributed by atoms with Crippen molar-refractivity contribution >= 4 is 5.91 Å². The van der Waals surface area contributed by atoms with Crippen LogP contribution in [0.15, 0.2) is 0 Å². The Bertz CT molecular complexity index is 155. The van der Waals surface area contributed by atoms with Crippen LogP contribution in [0.25, 0.3) is 0 Å². The number of rotatable bonds is 5. The molecule has 1 aliphatic carbocycles. The van der Waals surface area contributed by atoms with Crippen molar-refractivity contribution in [2.24, 2.45) is 5.73 Å². The first-order valence-corrected chi connectivity index (χ1v) is 4.79. The highest BCUT2D eigenvalue weighted by molar-refractivity contribution is 5.76. The van der Waals surface area contributed by atoms with Crippen molar-refractivity contribution in [3.05, 3.63) is 0 Å². The topological polar surface area (TPSA) is 46.3 Å². The number of hydrogen-bond donors (Lipinski definition) is 1. The maximum Gasteiger partial charge on any atom is 0.222 e. The molecule has 0 heterocycles. The molecule has 0 unspecified atom stereocenters. The average Bonchev–Trinajstić information content (AvgIpc) is 2.86. The number of hydrogen-bond acceptors (Lipinski definition) is 2. The zero-order valence-electron chi connectivity index (χ0n) is 7.75. The fourth-order valence-electron chi connectivity index (χ4n) is 1.42. The quantitative estimate of drug-likeness (QED) is 0.661. The van der Waals surface area contributed by atoms with Crippen molar-refractivity contribution in [1.82, 2.24) is 4.90 Å². The Hall–Kier alpha value is -0.570. The Morgan fingerprint density at radius 1 is 1.58 bits per heavy atom. The van der Waals surface area contributed by atoms with Crippen molar-refractivity contribution in [2.75, 3.05) is 13.1 Å². The van der Waals surface area contributed by atoms with Gasteiger partial charge in [0.25, 0.3) is 0 Å². The summed E-state index contributed by atoms with van der Waals surface area (Å²) in [4.78, 5) is 13.5. The van der Waals surface area contributed by atoms with E-state index in [2.05, 4.69) is 0 Å². The highest BCUT2D eigenvalue weighted by Crippen LogP contribution is 2.27. The normalized spacial score (nSPS) is 16.2. The Morgan fingerprint density at radius 3 is 2.67 bits per heavy atom. The molecule has 0 aromatic rings. The molecule has 0 aliphatic heterocycles. The largest absolute Gasteiger partial charge is 0.340 e. The summed E-state index contributed by atoms with van der Waals surface area (Å²) in [5.74, 6) is 0.283. The smallest absolute Gasteiger partial charge is 0.222 e. The minimum Gasteiger partial charge on any atom is -0.340 e. The van der Waals surface area contributed by atoms with Crippen LogP contribution in [0.4, 0.5) is 0 Å². The molecule has 0 atom stereocenters. The Morgan fingerprint density at radius 2 is 2.25 bits per heavy atom. The van der Waals surface area contributed by atoms with Crippen molar-refractivity contribution in [3.63, 3.8) is 0 Å². The molecule has 3 heteroatoms. The van der Waals surface area contributed by atoms with E-state index >= 15 is 0 Å². The van der Waals surface area contributed by atoms with Gasteiger partial charge in [0.2, 0.25) is 5.91 Å². The maximum atomic E-state index is 11.5. The Balaban J connectivity index is 2.26. The molecule has 2 N–H and O–H groups in total. The van der Waals surface area contributed by atoms with Crippen LogP contribution in [0.2, 0.25) is 0 Å². The van der Waals surface area contributed by atoms with Gasteiger partial charge < -0.3 is 10.6 Å². The number of carbonyl (C=O) groups excluding carboxylic acids is 1. The molecule has 0 radical (unpaired) electrons. The monoisotopic (exact) mass is 170 g/mol. The van der Waals surface area contributed by atoms with Crippen molar-refractivity contribution in [1.29, 1.82) is 0 Å². The average molecular weight is 170 g/mol. The summed E-state index contributed by atoms with van der Waals surface area (Å²) in [5.41, 5.74) is 5.34. The van der Waals surface area contributed by atoms with E-state index in [0.717, 1.165) is 13.0 Å². The van der Waals surface area contributed by atoms with Crippen molar-refractivity contribution in [2.45, 2.75) is 38.6 Å². The standard InChI is InChI=1S/C9H18N2O/c1-2-11(8-5-6-8)9(12)4-3-7-10/h8H,2-7,10H2,1H3. The molecule has 0 saturated heterocycles. The van der Waals surface area contributed by atoms with Crippen LogP contribution in [0.5, 0.6) is 0 Å². The Kier molecular flexibility index (Phi) is 3.53. The zero-order valence-corrected chi connectivity index (χ0v) is 7.75. The minimum atomic E-state index is 0.283. The highest BCUT2D eigenvalue weighted by atomic mass is 16.2. The van der Waals surface area contributed by atoms with Gasteiger partial charge in [0.05, 0.1) is 0 Å². The number of nitrogens with zero attached hydrogens (tertiary/aromatic N) is 1. The van der Waals surface area contributed by atoms with Gasteiger partial charge in [0.1, 0.15) is 0 Å². The third kappa shape index (κ3) is 2.48. The van der Waals surface area contributed by atoms with Gasteiger partial charge in [-0.25, -0.2) is 0 Å². The highest BCUT2D eigenvalue weighted by Gasteiger charge is 2.30. The number of nitrogens with two attached hydrogens (primary N) is 1. The van der Waals surface area contributed by atoms with Gasteiger partial charge in [-0.2, -0.15) is 0 Å². The minimum absolute atomic E-state index is 0.283. The zero-order chi connectivity index (χ0) is 8.97. The van der Waals surface area contributed by atoms with Gasteiger partial charge in [-0.3, -0.25) is 4.79 Å². The van der Waals surface area contributed by atoms with Crippen LogP contribution in [0.1, 0.15) is 32.6 Å². The summed E-state index contributed by atoms with van der Waals surface area (Å²) < 4.78 is 0. The Labute approximate surface area is 73.9 Å². The fraction of sp³-hybridized carbons (Fsp3) is 0.889. The molecule has 1 fully saturated rings. The molecule has 1 saturated carbocycles. The third-order valence-electron chi connectivity index (χ3n) is 2.24. The van der Waals surface area contributed by atoms with Crippen molar-refractivity contribution in [3.8, 4) is 0 Å². The molecule has 1 aliphatic rings. The molecule has 1 rings (SSSR count). The second-order valence-corrected chi connectivity index (χ2v) is 3.30. The molecule has 12 heavy (non-hydrogen) atoms. The van der Waals surface area contributed by atoms with Gasteiger partial charge in [-0.15, -0.1) is 0 Å². The molecule has 0 aromatic heterocycles. The van der Waals surface area contributed by atoms with E-state index in [1.807, 2.05) is 11.8 Å². The first-order valence-electron chi connectivity index (χ1n) is 4.79. The van der Waals surface area contributed by atoms with E-state index in [0.29, 0.717) is 19.0 Å². The van der Waals surface area contributed by atoms with E-state index in [1.165, 1.54) is 12.8 Å². The van der Waals surface area contributed by atoms with Crippen LogP contribution < -0.4 is 5.73 Å². The first kappa shape index (κ1) is 9.52. The van der Waals surface area contributed by atoms with E-state index in [1.54, 1.807) is 0 Å². The summed E-state index contributed by atoms with van der Waals surface area (Å²) >= 11 is 0. The molecule has 1 amide bonds. The summed E-state index contributed by atoms with van der Waals surface area (Å²) in [5, 5.41) is 0. The van der Waals surface area contributed by atoms with E-state index in [4.69, 9.17) is 5.73 Å². The summed E-state index contributed by atoms with van der Waals surface area (Å²) in [7, 11) is 0. The molecular formula is C9H18N2O. The fourth-order valence-corrected chi connectivity index (χ4v) is 1.42. The van der Waals surface area contributed by atoms with Gasteiger partial charge in [0, 0.05) is 19.0 Å². The summed E-state index contributed by atoms with van der Waals surface area (Å²) in [6.07, 6.45) is 3.84. The van der Waals surface area contributed by atoms with Crippen LogP contribution in [0.3, 0.4) is 0 Å². The van der Waals surface area contributed by atoms with Gasteiger partial charge in [-0.05, 0) is 32.7 Å². The lowest BCUT2D eigenvalue weighted by Gasteiger charge is -2.19. The molecule has 70 valence electrons. The molecular weight excluding hydrogens is 152 g/mol. The van der Waals surface area contributed by atoms with Gasteiger partial charge in [-0.1, -0.05) is 0 Å². The summed E-state index contributed by atoms with van der Waals surface area (Å²) in [6, 6.07) is 0.556. The summed E-state index contributed by atoms with van der Waals surface area (Å²) in [6.45, 7) is 3.51. The van der Waals surface area contributed by atoms with E-state index in [-0.39, 0.29) is 5.91 Å². The van der Waals surface area contributed by atoms with E-state index in [9.17, 15) is 4.79 Å². The lowest BCUT2D eigenvalue weighted by atomic mass is 10.2. The van der Waals surface area contributed by atoms with Crippen molar-refractivity contribution < 1.29 is 4.79 Å². The van der Waals surface area contributed by atoms with Crippen LogP contribution in [-0.2, 0) is 4.79 Å². The third-order valence-corrected chi connectivity index (χ3v) is 2.24. The second kappa shape index (κ2) is 4.45. The molecule has 0 spiro atoms. The molecule has 0 bridgehead atoms. The predicted molar refractivity (Wildman–Crippen MR) is 48.7 cm³/mol. The SMILES string of the molecule is CCN(C(=O)CCCN)C1CC1. The molecule has 0 aromatic carbocycles. The molecule has 3 nitrogen and oxygen atoms in total. The number of carbonyl (C=O) groups is 1. The lowest BCUT2D eigenvalue weighted by molar-refractivity contribution is -0.131. The van der Waals surface area contributed by atoms with E-state index < -0.39 is 0 Å². The second-order valence-electron chi connectivity index (χ2n) is 3.30. The predicted octanol–water partition coefficient (Wildman–Crippen LogP) is 0.736. The van der Waals surface area contributed by atoms with Crippen LogP contribution in [0, 0.1) is 0 Å². The van der Waals surface area contributed by atoms with Crippen LogP contribution in [-0.4, -0.2) is 29.9 Å². The van der Waals surface area contributed by atoms with Crippen LogP contribution >= 0.6 is 0 Å². The van der Waals surface area contributed by atoms with Gasteiger partial charge in [0.15, 0.2) is 0 Å². The maximum absolute atomic E-state index is 11.5. The lowest BCUT2D eigenvalue weighted by Crippen LogP contribution is -2.32. The first-order chi connectivity index (χ1) is 5.79. The van der Waals surface area contributed by atoms with Gasteiger partial charge >= 0.3 is 0 Å². The number of amides is 1.